The summed E-state index contributed by atoms with van der Waals surface area (Å²) in [5, 5.41) is 8.42. The van der Waals surface area contributed by atoms with Gasteiger partial charge in [-0.25, -0.2) is 9.97 Å². The van der Waals surface area contributed by atoms with Gasteiger partial charge in [0.1, 0.15) is 12.3 Å². The highest BCUT2D eigenvalue weighted by molar-refractivity contribution is 5.96. The van der Waals surface area contributed by atoms with Crippen LogP contribution in [0.25, 0.3) is 5.69 Å². The van der Waals surface area contributed by atoms with Gasteiger partial charge in [-0.15, -0.1) is 4.80 Å². The third-order valence-electron chi connectivity index (χ3n) is 6.62. The highest BCUT2D eigenvalue weighted by Gasteiger charge is 2.51. The van der Waals surface area contributed by atoms with Gasteiger partial charge in [0.2, 0.25) is 5.88 Å². The zero-order valence-corrected chi connectivity index (χ0v) is 18.0. The molecule has 3 fully saturated rings. The molecule has 0 spiro atoms. The van der Waals surface area contributed by atoms with Gasteiger partial charge in [0.25, 0.3) is 5.91 Å². The second-order valence-corrected chi connectivity index (χ2v) is 8.65. The topological polar surface area (TPSA) is 86.0 Å². The van der Waals surface area contributed by atoms with Gasteiger partial charge >= 0.3 is 0 Å². The van der Waals surface area contributed by atoms with Gasteiger partial charge in [-0.3, -0.25) is 4.79 Å². The maximum atomic E-state index is 13.8. The smallest absolute Gasteiger partial charge is 0.275 e. The molecule has 1 saturated carbocycles. The number of amides is 1. The van der Waals surface area contributed by atoms with E-state index in [-0.39, 0.29) is 18.0 Å². The molecule has 2 bridgehead atoms. The number of aromatic nitrogens is 5. The molecule has 3 aromatic heterocycles. The van der Waals surface area contributed by atoms with Crippen LogP contribution >= 0.6 is 0 Å². The number of hydrogen-bond donors (Lipinski definition) is 0. The Labute approximate surface area is 181 Å². The number of carbonyl (C=O) groups is 1. The lowest BCUT2D eigenvalue weighted by Gasteiger charge is -2.57. The van der Waals surface area contributed by atoms with E-state index < -0.39 is 0 Å². The number of ether oxygens (including phenoxy) is 1. The number of pyridine rings is 2. The second kappa shape index (κ2) is 7.76. The summed E-state index contributed by atoms with van der Waals surface area (Å²) in [5.74, 6) is 1.47. The molecule has 6 rings (SSSR count). The van der Waals surface area contributed by atoms with Gasteiger partial charge in [0, 0.05) is 24.0 Å². The van der Waals surface area contributed by atoms with Crippen molar-refractivity contribution in [3.05, 3.63) is 59.8 Å². The average molecular weight is 419 g/mol. The fraction of sp³-hybridized carbons (Fsp3) is 0.435. The fourth-order valence-corrected chi connectivity index (χ4v) is 4.71. The van der Waals surface area contributed by atoms with Crippen molar-refractivity contribution in [1.82, 2.24) is 29.9 Å². The average Bonchev–Trinajstić information content (AvgIpc) is 3.27. The van der Waals surface area contributed by atoms with Crippen molar-refractivity contribution >= 4 is 5.91 Å². The van der Waals surface area contributed by atoms with Crippen molar-refractivity contribution in [3.63, 3.8) is 0 Å². The van der Waals surface area contributed by atoms with Crippen LogP contribution in [0.5, 0.6) is 5.88 Å². The molecule has 3 aliphatic rings. The summed E-state index contributed by atoms with van der Waals surface area (Å²) >= 11 is 0. The first-order valence-corrected chi connectivity index (χ1v) is 10.7. The van der Waals surface area contributed by atoms with Crippen molar-refractivity contribution in [2.45, 2.75) is 45.7 Å². The molecule has 1 amide bonds. The van der Waals surface area contributed by atoms with Crippen molar-refractivity contribution in [3.8, 4) is 11.6 Å². The molecule has 8 heteroatoms. The third-order valence-corrected chi connectivity index (χ3v) is 6.62. The molecule has 2 saturated heterocycles. The van der Waals surface area contributed by atoms with Gasteiger partial charge in [-0.05, 0) is 56.2 Å². The summed E-state index contributed by atoms with van der Waals surface area (Å²) in [5.41, 5.74) is 2.84. The minimum Gasteiger partial charge on any atom is -0.475 e. The number of rotatable bonds is 5. The lowest BCUT2D eigenvalue weighted by Crippen LogP contribution is -2.64. The van der Waals surface area contributed by atoms with Crippen LogP contribution < -0.4 is 4.74 Å². The van der Waals surface area contributed by atoms with Gasteiger partial charge in [-0.1, -0.05) is 13.0 Å². The van der Waals surface area contributed by atoms with E-state index in [1.165, 1.54) is 4.80 Å². The number of aryl methyl sites for hydroxylation is 2. The van der Waals surface area contributed by atoms with Crippen LogP contribution in [0.15, 0.2) is 42.9 Å². The lowest BCUT2D eigenvalue weighted by molar-refractivity contribution is -0.0677. The summed E-state index contributed by atoms with van der Waals surface area (Å²) in [6.07, 6.45) is 7.05. The number of carbonyl (C=O) groups excluding carboxylic acids is 1. The molecular formula is C23H26N6O2. The van der Waals surface area contributed by atoms with Crippen LogP contribution in [0.2, 0.25) is 0 Å². The molecule has 160 valence electrons. The van der Waals surface area contributed by atoms with E-state index in [0.717, 1.165) is 24.1 Å². The van der Waals surface area contributed by atoms with Crippen LogP contribution in [0, 0.1) is 25.7 Å². The molecule has 31 heavy (non-hydrogen) atoms. The van der Waals surface area contributed by atoms with E-state index in [1.807, 2.05) is 43.0 Å². The molecule has 2 aliphatic heterocycles. The van der Waals surface area contributed by atoms with E-state index in [1.54, 1.807) is 18.6 Å². The Hall–Kier alpha value is -3.29. The van der Waals surface area contributed by atoms with E-state index in [2.05, 4.69) is 27.1 Å². The van der Waals surface area contributed by atoms with Crippen LogP contribution in [0.1, 0.15) is 41.5 Å². The summed E-state index contributed by atoms with van der Waals surface area (Å²) in [7, 11) is 0. The molecule has 8 nitrogen and oxygen atoms in total. The number of fused-ring (bicyclic) bond motifs is 2. The van der Waals surface area contributed by atoms with E-state index >= 15 is 0 Å². The minimum absolute atomic E-state index is 0.0335. The molecule has 1 aliphatic carbocycles. The van der Waals surface area contributed by atoms with Crippen LogP contribution in [-0.4, -0.2) is 54.5 Å². The molecular weight excluding hydrogens is 392 g/mol. The Kier molecular flexibility index (Phi) is 4.92. The number of piperidine rings is 2. The van der Waals surface area contributed by atoms with Crippen molar-refractivity contribution in [1.29, 1.82) is 0 Å². The Bertz CT molecular complexity index is 1080. The van der Waals surface area contributed by atoms with Crippen LogP contribution in [0.4, 0.5) is 0 Å². The van der Waals surface area contributed by atoms with E-state index in [9.17, 15) is 4.79 Å². The zero-order valence-electron chi connectivity index (χ0n) is 18.0. The predicted octanol–water partition coefficient (Wildman–Crippen LogP) is 2.99. The monoisotopic (exact) mass is 418 g/mol. The minimum atomic E-state index is -0.0866. The van der Waals surface area contributed by atoms with Gasteiger partial charge in [0.05, 0.1) is 18.4 Å². The largest absolute Gasteiger partial charge is 0.475 e. The predicted molar refractivity (Wildman–Crippen MR) is 114 cm³/mol. The van der Waals surface area contributed by atoms with Crippen molar-refractivity contribution in [2.75, 3.05) is 6.61 Å². The standard InChI is InChI=1S/C23H26N6O2/c1-14-4-7-21(24-12-14)31-13-20-16(3)17-10-18(11-17)28(20)23(30)22-19(6-5-15(2)27-22)29-25-8-9-26-29/h4-9,12,16-18,20H,10-11,13H2,1-3H3/t16-,17?,18?,20?/m1/s1. The second-order valence-electron chi connectivity index (χ2n) is 8.65. The lowest BCUT2D eigenvalue weighted by atomic mass is 9.64. The van der Waals surface area contributed by atoms with Crippen LogP contribution in [0.3, 0.4) is 0 Å². The van der Waals surface area contributed by atoms with Crippen LogP contribution in [-0.2, 0) is 0 Å². The summed E-state index contributed by atoms with van der Waals surface area (Å²) < 4.78 is 6.03. The Morgan fingerprint density at radius 1 is 1.13 bits per heavy atom. The number of hydrogen-bond acceptors (Lipinski definition) is 6. The normalized spacial score (nSPS) is 24.5. The highest BCUT2D eigenvalue weighted by atomic mass is 16.5. The Morgan fingerprint density at radius 3 is 2.61 bits per heavy atom. The third kappa shape index (κ3) is 3.56. The molecule has 2 atom stereocenters. The quantitative estimate of drug-likeness (QED) is 0.633. The molecule has 3 aromatic rings. The van der Waals surface area contributed by atoms with Gasteiger partial charge < -0.3 is 9.64 Å². The number of nitrogens with zero attached hydrogens (tertiary/aromatic N) is 6. The fourth-order valence-electron chi connectivity index (χ4n) is 4.71. The van der Waals surface area contributed by atoms with Crippen molar-refractivity contribution in [2.24, 2.45) is 11.8 Å². The first kappa shape index (κ1) is 19.7. The molecule has 0 aromatic carbocycles. The van der Waals surface area contributed by atoms with Gasteiger partial charge in [-0.2, -0.15) is 10.2 Å². The Morgan fingerprint density at radius 2 is 1.90 bits per heavy atom. The van der Waals surface area contributed by atoms with Gasteiger partial charge in [0.15, 0.2) is 5.69 Å². The highest BCUT2D eigenvalue weighted by Crippen LogP contribution is 2.47. The first-order chi connectivity index (χ1) is 15.0. The maximum absolute atomic E-state index is 13.8. The summed E-state index contributed by atoms with van der Waals surface area (Å²) in [6, 6.07) is 7.76. The van der Waals surface area contributed by atoms with E-state index in [4.69, 9.17) is 4.74 Å². The van der Waals surface area contributed by atoms with Crippen molar-refractivity contribution < 1.29 is 9.53 Å². The molecule has 0 N–H and O–H groups in total. The SMILES string of the molecule is Cc1ccc(OCC2[C@H](C)C3CC(C3)N2C(=O)c2nc(C)ccc2-n2nccn2)nc1. The molecule has 1 unspecified atom stereocenters. The summed E-state index contributed by atoms with van der Waals surface area (Å²) in [6.45, 7) is 6.52. The van der Waals surface area contributed by atoms with E-state index in [0.29, 0.717) is 35.7 Å². The maximum Gasteiger partial charge on any atom is 0.275 e. The molecule has 0 radical (unpaired) electrons. The Balaban J connectivity index is 1.45. The zero-order chi connectivity index (χ0) is 21.5. The molecule has 5 heterocycles. The summed E-state index contributed by atoms with van der Waals surface area (Å²) in [4.78, 5) is 26.2. The first-order valence-electron chi connectivity index (χ1n) is 10.7.